The third-order valence-electron chi connectivity index (χ3n) is 2.98. The molecule has 0 bridgehead atoms. The number of hydrogen-bond donors (Lipinski definition) is 2. The van der Waals surface area contributed by atoms with E-state index >= 15 is 0 Å². The van der Waals surface area contributed by atoms with E-state index in [9.17, 15) is 0 Å². The van der Waals surface area contributed by atoms with Gasteiger partial charge in [-0.1, -0.05) is 12.1 Å². The number of guanidine groups is 1. The summed E-state index contributed by atoms with van der Waals surface area (Å²) in [5.41, 5.74) is 2.26. The summed E-state index contributed by atoms with van der Waals surface area (Å²) in [6.45, 7) is 9.68. The van der Waals surface area contributed by atoms with Crippen molar-refractivity contribution >= 4 is 29.9 Å². The van der Waals surface area contributed by atoms with Crippen LogP contribution in [-0.4, -0.2) is 39.4 Å². The maximum absolute atomic E-state index is 5.34. The lowest BCUT2D eigenvalue weighted by Gasteiger charge is -2.11. The predicted molar refractivity (Wildman–Crippen MR) is 102 cm³/mol. The first-order valence-electron chi connectivity index (χ1n) is 7.44. The molecule has 0 aliphatic carbocycles. The number of aliphatic imine (C=N–C) groups is 1. The zero-order valence-corrected chi connectivity index (χ0v) is 16.3. The molecule has 6 heteroatoms. The molecule has 0 saturated carbocycles. The first-order valence-corrected chi connectivity index (χ1v) is 7.44. The molecule has 2 N–H and O–H groups in total. The van der Waals surface area contributed by atoms with Crippen LogP contribution in [0.25, 0.3) is 0 Å². The molecule has 0 fully saturated rings. The highest BCUT2D eigenvalue weighted by Crippen LogP contribution is 2.19. The number of halogens is 1. The summed E-state index contributed by atoms with van der Waals surface area (Å²) in [5, 5.41) is 6.47. The second-order valence-corrected chi connectivity index (χ2v) is 4.62. The molecule has 1 aromatic rings. The Morgan fingerprint density at radius 1 is 1.23 bits per heavy atom. The lowest BCUT2D eigenvalue weighted by molar-refractivity contribution is 0.152. The number of methoxy groups -OCH3 is 1. The summed E-state index contributed by atoms with van der Waals surface area (Å²) in [7, 11) is 1.69. The normalized spacial score (nSPS) is 10.8. The van der Waals surface area contributed by atoms with Gasteiger partial charge in [-0.05, 0) is 38.0 Å². The maximum Gasteiger partial charge on any atom is 0.191 e. The standard InChI is InChI=1S/C16H27N3O2.HI/c1-5-17-16(18-9-10-21-6-2)19-12-14-8-7-13(3)15(11-14)20-4;/h7-8,11H,5-6,9-10,12H2,1-4H3,(H2,17,18,19);1H. The van der Waals surface area contributed by atoms with Gasteiger partial charge in [-0.15, -0.1) is 24.0 Å². The SMILES string of the molecule is CCNC(=NCc1ccc(C)c(OC)c1)NCCOCC.I. The van der Waals surface area contributed by atoms with Crippen LogP contribution in [0.3, 0.4) is 0 Å². The molecule has 0 spiro atoms. The molecule has 0 unspecified atom stereocenters. The largest absolute Gasteiger partial charge is 0.496 e. The fourth-order valence-electron chi connectivity index (χ4n) is 1.86. The summed E-state index contributed by atoms with van der Waals surface area (Å²) in [6.07, 6.45) is 0. The third-order valence-corrected chi connectivity index (χ3v) is 2.98. The molecule has 1 rings (SSSR count). The van der Waals surface area contributed by atoms with Gasteiger partial charge < -0.3 is 20.1 Å². The second kappa shape index (κ2) is 12.5. The van der Waals surface area contributed by atoms with Crippen LogP contribution in [-0.2, 0) is 11.3 Å². The van der Waals surface area contributed by atoms with E-state index < -0.39 is 0 Å². The van der Waals surface area contributed by atoms with Gasteiger partial charge >= 0.3 is 0 Å². The minimum absolute atomic E-state index is 0. The Hall–Kier alpha value is -1.02. The Kier molecular flexibility index (Phi) is 11.9. The smallest absolute Gasteiger partial charge is 0.191 e. The van der Waals surface area contributed by atoms with Crippen LogP contribution < -0.4 is 15.4 Å². The first kappa shape index (κ1) is 21.0. The van der Waals surface area contributed by atoms with Gasteiger partial charge in [0.25, 0.3) is 0 Å². The highest BCUT2D eigenvalue weighted by Gasteiger charge is 2.01. The van der Waals surface area contributed by atoms with E-state index in [1.165, 1.54) is 0 Å². The van der Waals surface area contributed by atoms with Crippen molar-refractivity contribution in [3.63, 3.8) is 0 Å². The Morgan fingerprint density at radius 2 is 2.00 bits per heavy atom. The fourth-order valence-corrected chi connectivity index (χ4v) is 1.86. The van der Waals surface area contributed by atoms with Crippen molar-refractivity contribution in [1.82, 2.24) is 10.6 Å². The number of nitrogens with zero attached hydrogens (tertiary/aromatic N) is 1. The fraction of sp³-hybridized carbons (Fsp3) is 0.562. The molecule has 0 amide bonds. The molecule has 0 atom stereocenters. The van der Waals surface area contributed by atoms with Crippen molar-refractivity contribution in [3.8, 4) is 5.75 Å². The molecule has 0 aliphatic rings. The number of ether oxygens (including phenoxy) is 2. The molecular weight excluding hydrogens is 393 g/mol. The molecule has 0 heterocycles. The van der Waals surface area contributed by atoms with Crippen molar-refractivity contribution in [2.45, 2.75) is 27.3 Å². The van der Waals surface area contributed by atoms with Gasteiger partial charge in [0.15, 0.2) is 5.96 Å². The highest BCUT2D eigenvalue weighted by molar-refractivity contribution is 14.0. The van der Waals surface area contributed by atoms with Gasteiger partial charge in [0.05, 0.1) is 20.3 Å². The van der Waals surface area contributed by atoms with Crippen LogP contribution in [0, 0.1) is 6.92 Å². The van der Waals surface area contributed by atoms with Crippen molar-refractivity contribution in [2.24, 2.45) is 4.99 Å². The minimum Gasteiger partial charge on any atom is -0.496 e. The monoisotopic (exact) mass is 421 g/mol. The van der Waals surface area contributed by atoms with Gasteiger partial charge in [-0.25, -0.2) is 4.99 Å². The molecule has 22 heavy (non-hydrogen) atoms. The van der Waals surface area contributed by atoms with E-state index in [0.717, 1.165) is 42.5 Å². The van der Waals surface area contributed by atoms with Crippen LogP contribution in [0.2, 0.25) is 0 Å². The van der Waals surface area contributed by atoms with Crippen molar-refractivity contribution in [1.29, 1.82) is 0 Å². The second-order valence-electron chi connectivity index (χ2n) is 4.62. The molecule has 0 saturated heterocycles. The van der Waals surface area contributed by atoms with Crippen LogP contribution in [0.5, 0.6) is 5.75 Å². The summed E-state index contributed by atoms with van der Waals surface area (Å²) < 4.78 is 10.6. The van der Waals surface area contributed by atoms with E-state index in [-0.39, 0.29) is 24.0 Å². The van der Waals surface area contributed by atoms with Crippen LogP contribution in [0.15, 0.2) is 23.2 Å². The van der Waals surface area contributed by atoms with Gasteiger partial charge in [-0.2, -0.15) is 0 Å². The first-order chi connectivity index (χ1) is 10.2. The molecule has 0 aliphatic heterocycles. The summed E-state index contributed by atoms with van der Waals surface area (Å²) >= 11 is 0. The van der Waals surface area contributed by atoms with Crippen molar-refractivity contribution in [3.05, 3.63) is 29.3 Å². The highest BCUT2D eigenvalue weighted by atomic mass is 127. The van der Waals surface area contributed by atoms with Crippen molar-refractivity contribution in [2.75, 3.05) is 33.4 Å². The van der Waals surface area contributed by atoms with Crippen molar-refractivity contribution < 1.29 is 9.47 Å². The average Bonchev–Trinajstić information content (AvgIpc) is 2.50. The lowest BCUT2D eigenvalue weighted by Crippen LogP contribution is -2.39. The van der Waals surface area contributed by atoms with Gasteiger partial charge in [0, 0.05) is 19.7 Å². The van der Waals surface area contributed by atoms with E-state index in [4.69, 9.17) is 9.47 Å². The Labute approximate surface area is 150 Å². The third kappa shape index (κ3) is 7.84. The van der Waals surface area contributed by atoms with Gasteiger partial charge in [0.1, 0.15) is 5.75 Å². The van der Waals surface area contributed by atoms with Crippen LogP contribution in [0.4, 0.5) is 0 Å². The van der Waals surface area contributed by atoms with Gasteiger partial charge in [0.2, 0.25) is 0 Å². The van der Waals surface area contributed by atoms with Crippen LogP contribution >= 0.6 is 24.0 Å². The topological polar surface area (TPSA) is 54.9 Å². The van der Waals surface area contributed by atoms with Crippen LogP contribution in [0.1, 0.15) is 25.0 Å². The Bertz CT molecular complexity index is 453. The zero-order valence-electron chi connectivity index (χ0n) is 13.9. The number of aryl methyl sites for hydroxylation is 1. The molecule has 1 aromatic carbocycles. The molecule has 0 radical (unpaired) electrons. The number of nitrogens with one attached hydrogen (secondary N) is 2. The van der Waals surface area contributed by atoms with E-state index in [2.05, 4.69) is 34.7 Å². The van der Waals surface area contributed by atoms with Gasteiger partial charge in [-0.3, -0.25) is 0 Å². The maximum atomic E-state index is 5.34. The Balaban J connectivity index is 0.00000441. The number of rotatable bonds is 8. The zero-order chi connectivity index (χ0) is 15.5. The molecule has 0 aromatic heterocycles. The number of hydrogen-bond acceptors (Lipinski definition) is 3. The van der Waals surface area contributed by atoms with E-state index in [0.29, 0.717) is 13.2 Å². The molecular formula is C16H28IN3O2. The number of benzene rings is 1. The average molecular weight is 421 g/mol. The summed E-state index contributed by atoms with van der Waals surface area (Å²) in [6, 6.07) is 6.16. The molecule has 5 nitrogen and oxygen atoms in total. The summed E-state index contributed by atoms with van der Waals surface area (Å²) in [4.78, 5) is 4.57. The lowest BCUT2D eigenvalue weighted by atomic mass is 10.1. The minimum atomic E-state index is 0. The summed E-state index contributed by atoms with van der Waals surface area (Å²) in [5.74, 6) is 1.70. The molecule has 126 valence electrons. The Morgan fingerprint density at radius 3 is 2.64 bits per heavy atom. The predicted octanol–water partition coefficient (Wildman–Crippen LogP) is 2.71. The van der Waals surface area contributed by atoms with E-state index in [1.807, 2.05) is 19.9 Å². The quantitative estimate of drug-likeness (QED) is 0.293. The van der Waals surface area contributed by atoms with E-state index in [1.54, 1.807) is 7.11 Å².